The predicted octanol–water partition coefficient (Wildman–Crippen LogP) is 6.04. The van der Waals surface area contributed by atoms with Crippen LogP contribution in [0.1, 0.15) is 60.9 Å². The van der Waals surface area contributed by atoms with Crippen molar-refractivity contribution in [1.82, 2.24) is 0 Å². The van der Waals surface area contributed by atoms with Crippen LogP contribution in [0.5, 0.6) is 5.75 Å². The fourth-order valence-electron chi connectivity index (χ4n) is 3.56. The lowest BCUT2D eigenvalue weighted by atomic mass is 9.78. The van der Waals surface area contributed by atoms with Gasteiger partial charge >= 0.3 is 0 Å². The van der Waals surface area contributed by atoms with Crippen molar-refractivity contribution >= 4 is 12.4 Å². The van der Waals surface area contributed by atoms with Crippen molar-refractivity contribution in [3.8, 4) is 5.75 Å². The molecule has 2 saturated carbocycles. The largest absolute Gasteiger partial charge is 0.490 e. The van der Waals surface area contributed by atoms with Gasteiger partial charge in [0.25, 0.3) is 0 Å². The van der Waals surface area contributed by atoms with Crippen LogP contribution in [0, 0.1) is 5.92 Å². The summed E-state index contributed by atoms with van der Waals surface area (Å²) in [5.41, 5.74) is 1.88. The number of hydrogen-bond acceptors (Lipinski definition) is 2. The Balaban J connectivity index is 2.01. The van der Waals surface area contributed by atoms with Gasteiger partial charge in [0, 0.05) is 11.1 Å². The molecule has 0 aliphatic heterocycles. The van der Waals surface area contributed by atoms with Crippen LogP contribution in [0.3, 0.4) is 0 Å². The van der Waals surface area contributed by atoms with E-state index in [-0.39, 0.29) is 17.8 Å². The summed E-state index contributed by atoms with van der Waals surface area (Å²) in [4.78, 5) is 11.5. The lowest BCUT2D eigenvalue weighted by Gasteiger charge is -2.28. The number of hydrogen-bond donors (Lipinski definition) is 0. The maximum Gasteiger partial charge on any atom is 0.150 e. The molecule has 2 aliphatic rings. The third kappa shape index (κ3) is 4.09. The Morgan fingerprint density at radius 1 is 1.16 bits per heavy atom. The SMILES string of the molecule is C=C/C=C(F)\C(=C\c1c(C=O)cccc1OC1CCCC1)C1CCC1. The van der Waals surface area contributed by atoms with Crippen LogP contribution in [-0.4, -0.2) is 12.4 Å². The quantitative estimate of drug-likeness (QED) is 0.446. The van der Waals surface area contributed by atoms with Crippen molar-refractivity contribution in [3.63, 3.8) is 0 Å². The molecule has 0 heterocycles. The Morgan fingerprint density at radius 3 is 2.52 bits per heavy atom. The van der Waals surface area contributed by atoms with E-state index in [2.05, 4.69) is 6.58 Å². The highest BCUT2D eigenvalue weighted by Gasteiger charge is 2.26. The van der Waals surface area contributed by atoms with E-state index in [9.17, 15) is 9.18 Å². The average molecular weight is 340 g/mol. The van der Waals surface area contributed by atoms with E-state index in [0.29, 0.717) is 22.4 Å². The number of rotatable bonds is 7. The van der Waals surface area contributed by atoms with E-state index in [1.165, 1.54) is 25.0 Å². The Kier molecular flexibility index (Phi) is 5.85. The second kappa shape index (κ2) is 8.28. The number of allylic oxidation sites excluding steroid dienone is 4. The molecule has 0 N–H and O–H groups in total. The zero-order valence-corrected chi connectivity index (χ0v) is 14.5. The topological polar surface area (TPSA) is 26.3 Å². The van der Waals surface area contributed by atoms with Gasteiger partial charge in [-0.25, -0.2) is 4.39 Å². The summed E-state index contributed by atoms with van der Waals surface area (Å²) in [7, 11) is 0. The van der Waals surface area contributed by atoms with Crippen molar-refractivity contribution in [1.29, 1.82) is 0 Å². The molecule has 0 atom stereocenters. The van der Waals surface area contributed by atoms with E-state index >= 15 is 0 Å². The van der Waals surface area contributed by atoms with Crippen LogP contribution in [0.2, 0.25) is 0 Å². The van der Waals surface area contributed by atoms with Gasteiger partial charge in [0.1, 0.15) is 11.6 Å². The van der Waals surface area contributed by atoms with Gasteiger partial charge in [-0.05, 0) is 68.2 Å². The summed E-state index contributed by atoms with van der Waals surface area (Å²) < 4.78 is 20.7. The maximum absolute atomic E-state index is 14.6. The van der Waals surface area contributed by atoms with Gasteiger partial charge in [0.05, 0.1) is 6.10 Å². The summed E-state index contributed by atoms with van der Waals surface area (Å²) in [6.07, 6.45) is 13.2. The number of carbonyl (C=O) groups is 1. The van der Waals surface area contributed by atoms with Gasteiger partial charge in [-0.1, -0.05) is 31.2 Å². The molecule has 0 saturated heterocycles. The third-order valence-electron chi connectivity index (χ3n) is 5.21. The molecular weight excluding hydrogens is 315 g/mol. The second-order valence-electron chi connectivity index (χ2n) is 6.88. The summed E-state index contributed by atoms with van der Waals surface area (Å²) in [6.45, 7) is 3.59. The molecule has 0 aromatic heterocycles. The number of ether oxygens (including phenoxy) is 1. The van der Waals surface area contributed by atoms with Crippen LogP contribution in [0.4, 0.5) is 4.39 Å². The molecule has 0 spiro atoms. The normalized spacial score (nSPS) is 19.6. The summed E-state index contributed by atoms with van der Waals surface area (Å²) >= 11 is 0. The number of halogens is 1. The first-order valence-electron chi connectivity index (χ1n) is 9.18. The smallest absolute Gasteiger partial charge is 0.150 e. The zero-order chi connectivity index (χ0) is 17.6. The van der Waals surface area contributed by atoms with Crippen molar-refractivity contribution in [2.45, 2.75) is 51.0 Å². The predicted molar refractivity (Wildman–Crippen MR) is 99.4 cm³/mol. The minimum atomic E-state index is -0.271. The molecule has 25 heavy (non-hydrogen) atoms. The van der Waals surface area contributed by atoms with Crippen molar-refractivity contribution in [2.75, 3.05) is 0 Å². The van der Waals surface area contributed by atoms with E-state index in [4.69, 9.17) is 4.74 Å². The Hall–Kier alpha value is -2.16. The van der Waals surface area contributed by atoms with Crippen LogP contribution in [0.25, 0.3) is 6.08 Å². The Labute approximate surface area is 149 Å². The molecule has 132 valence electrons. The first kappa shape index (κ1) is 17.7. The fraction of sp³-hybridized carbons (Fsp3) is 0.409. The van der Waals surface area contributed by atoms with Gasteiger partial charge in [-0.2, -0.15) is 0 Å². The molecular formula is C22H25FO2. The van der Waals surface area contributed by atoms with Gasteiger partial charge < -0.3 is 4.74 Å². The molecule has 2 aliphatic carbocycles. The van der Waals surface area contributed by atoms with Crippen molar-refractivity contribution < 1.29 is 13.9 Å². The highest BCUT2D eigenvalue weighted by Crippen LogP contribution is 2.40. The van der Waals surface area contributed by atoms with Gasteiger partial charge in [-0.15, -0.1) is 0 Å². The molecule has 2 nitrogen and oxygen atoms in total. The molecule has 0 bridgehead atoms. The lowest BCUT2D eigenvalue weighted by Crippen LogP contribution is -2.15. The average Bonchev–Trinajstić information content (AvgIpc) is 3.07. The first-order chi connectivity index (χ1) is 12.2. The first-order valence-corrected chi connectivity index (χ1v) is 9.18. The number of aldehydes is 1. The van der Waals surface area contributed by atoms with Gasteiger partial charge in [-0.3, -0.25) is 4.79 Å². The summed E-state index contributed by atoms with van der Waals surface area (Å²) in [5.74, 6) is 0.613. The van der Waals surface area contributed by atoms with Crippen molar-refractivity contribution in [3.05, 3.63) is 59.5 Å². The third-order valence-corrected chi connectivity index (χ3v) is 5.21. The summed E-state index contributed by atoms with van der Waals surface area (Å²) in [5, 5.41) is 0. The van der Waals surface area contributed by atoms with Gasteiger partial charge in [0.2, 0.25) is 0 Å². The van der Waals surface area contributed by atoms with Crippen molar-refractivity contribution in [2.24, 2.45) is 5.92 Å². The minimum Gasteiger partial charge on any atom is -0.490 e. The number of carbonyl (C=O) groups excluding carboxylic acids is 1. The molecule has 0 amide bonds. The Bertz CT molecular complexity index is 692. The van der Waals surface area contributed by atoms with Gasteiger partial charge in [0.15, 0.2) is 6.29 Å². The van der Waals surface area contributed by atoms with E-state index < -0.39 is 0 Å². The highest BCUT2D eigenvalue weighted by atomic mass is 19.1. The molecule has 0 unspecified atom stereocenters. The molecule has 1 aromatic carbocycles. The highest BCUT2D eigenvalue weighted by molar-refractivity contribution is 5.85. The van der Waals surface area contributed by atoms with E-state index in [1.54, 1.807) is 6.07 Å². The molecule has 3 heteroatoms. The molecule has 0 radical (unpaired) electrons. The molecule has 3 rings (SSSR count). The minimum absolute atomic E-state index is 0.190. The Morgan fingerprint density at radius 2 is 1.92 bits per heavy atom. The monoisotopic (exact) mass is 340 g/mol. The standard InChI is InChI=1S/C22H25FO2/c1-2-7-21(23)19(16-8-5-9-16)14-20-17(15-24)10-6-13-22(20)25-18-11-3-4-12-18/h2,6-7,10,13-16,18H,1,3-5,8-9,11-12H2/b19-14+,21-7+. The van der Waals surface area contributed by atoms with Crippen LogP contribution in [-0.2, 0) is 0 Å². The van der Waals surface area contributed by atoms with Crippen LogP contribution < -0.4 is 4.74 Å². The fourth-order valence-corrected chi connectivity index (χ4v) is 3.56. The maximum atomic E-state index is 14.6. The second-order valence-corrected chi connectivity index (χ2v) is 6.88. The number of benzene rings is 1. The lowest BCUT2D eigenvalue weighted by molar-refractivity contribution is 0.112. The molecule has 2 fully saturated rings. The molecule has 1 aromatic rings. The van der Waals surface area contributed by atoms with Crippen LogP contribution in [0.15, 0.2) is 48.3 Å². The zero-order valence-electron chi connectivity index (χ0n) is 14.5. The van der Waals surface area contributed by atoms with E-state index in [1.807, 2.05) is 18.2 Å². The van der Waals surface area contributed by atoms with Crippen LogP contribution >= 0.6 is 0 Å². The summed E-state index contributed by atoms with van der Waals surface area (Å²) in [6, 6.07) is 5.46. The van der Waals surface area contributed by atoms with E-state index in [0.717, 1.165) is 38.4 Å².